The van der Waals surface area contributed by atoms with E-state index < -0.39 is 11.7 Å². The van der Waals surface area contributed by atoms with Gasteiger partial charge in [0.25, 0.3) is 0 Å². The number of aromatic nitrogens is 2. The standard InChI is InChI=1S/C13H7F3N2O2/c14-13(15,16)11-3-9(8-1-2-20-7-8)4-18-5-10(6-19)17-12(11)18/h1-7H. The summed E-state index contributed by atoms with van der Waals surface area (Å²) in [5.74, 6) is 0. The molecule has 3 rings (SSSR count). The molecule has 0 saturated carbocycles. The third-order valence-corrected chi connectivity index (χ3v) is 2.85. The second kappa shape index (κ2) is 4.22. The van der Waals surface area contributed by atoms with Crippen molar-refractivity contribution in [2.24, 2.45) is 0 Å². The molecule has 0 aromatic carbocycles. The Morgan fingerprint density at radius 2 is 2.05 bits per heavy atom. The second-order valence-electron chi connectivity index (χ2n) is 4.17. The maximum absolute atomic E-state index is 13.1. The highest BCUT2D eigenvalue weighted by Gasteiger charge is 2.34. The Morgan fingerprint density at radius 3 is 2.65 bits per heavy atom. The first-order chi connectivity index (χ1) is 9.49. The highest BCUT2D eigenvalue weighted by Crippen LogP contribution is 2.35. The predicted molar refractivity (Wildman–Crippen MR) is 63.3 cm³/mol. The lowest BCUT2D eigenvalue weighted by molar-refractivity contribution is -0.136. The molecule has 0 amide bonds. The van der Waals surface area contributed by atoms with Gasteiger partial charge in [-0.3, -0.25) is 4.79 Å². The van der Waals surface area contributed by atoms with Crippen LogP contribution < -0.4 is 0 Å². The Balaban J connectivity index is 2.33. The molecule has 102 valence electrons. The summed E-state index contributed by atoms with van der Waals surface area (Å²) in [6, 6.07) is 2.54. The topological polar surface area (TPSA) is 47.5 Å². The molecule has 0 N–H and O–H groups in total. The van der Waals surface area contributed by atoms with E-state index in [1.807, 2.05) is 0 Å². The van der Waals surface area contributed by atoms with Crippen molar-refractivity contribution in [3.63, 3.8) is 0 Å². The van der Waals surface area contributed by atoms with E-state index >= 15 is 0 Å². The van der Waals surface area contributed by atoms with Gasteiger partial charge in [-0.05, 0) is 12.1 Å². The normalized spacial score (nSPS) is 11.9. The van der Waals surface area contributed by atoms with Crippen molar-refractivity contribution in [3.05, 3.63) is 48.3 Å². The van der Waals surface area contributed by atoms with E-state index in [-0.39, 0.29) is 11.3 Å². The molecule has 0 aliphatic heterocycles. The fraction of sp³-hybridized carbons (Fsp3) is 0.0769. The van der Waals surface area contributed by atoms with Gasteiger partial charge in [-0.15, -0.1) is 0 Å². The Bertz CT molecular complexity index is 773. The molecule has 3 aromatic rings. The number of fused-ring (bicyclic) bond motifs is 1. The first kappa shape index (κ1) is 12.5. The molecule has 0 radical (unpaired) electrons. The molecule has 3 aromatic heterocycles. The smallest absolute Gasteiger partial charge is 0.420 e. The number of hydrogen-bond acceptors (Lipinski definition) is 3. The number of pyridine rings is 1. The van der Waals surface area contributed by atoms with Gasteiger partial charge in [0.05, 0.1) is 18.1 Å². The zero-order chi connectivity index (χ0) is 14.3. The summed E-state index contributed by atoms with van der Waals surface area (Å²) in [4.78, 5) is 14.4. The number of furan rings is 1. The van der Waals surface area contributed by atoms with Crippen LogP contribution in [0.25, 0.3) is 16.8 Å². The molecular weight excluding hydrogens is 273 g/mol. The summed E-state index contributed by atoms with van der Waals surface area (Å²) >= 11 is 0. The Hall–Kier alpha value is -2.57. The average molecular weight is 280 g/mol. The zero-order valence-electron chi connectivity index (χ0n) is 9.89. The number of aldehydes is 1. The van der Waals surface area contributed by atoms with Gasteiger partial charge in [0.1, 0.15) is 11.3 Å². The second-order valence-corrected chi connectivity index (χ2v) is 4.17. The van der Waals surface area contributed by atoms with E-state index in [0.717, 1.165) is 6.07 Å². The number of rotatable bonds is 2. The van der Waals surface area contributed by atoms with E-state index in [4.69, 9.17) is 4.42 Å². The maximum atomic E-state index is 13.1. The van der Waals surface area contributed by atoms with Crippen LogP contribution in [0.2, 0.25) is 0 Å². The summed E-state index contributed by atoms with van der Waals surface area (Å²) in [5.41, 5.74) is -0.414. The highest BCUT2D eigenvalue weighted by atomic mass is 19.4. The Kier molecular flexibility index (Phi) is 2.63. The van der Waals surface area contributed by atoms with Gasteiger partial charge in [0, 0.05) is 23.5 Å². The van der Waals surface area contributed by atoms with Crippen LogP contribution in [-0.4, -0.2) is 15.7 Å². The van der Waals surface area contributed by atoms with E-state index in [9.17, 15) is 18.0 Å². The van der Waals surface area contributed by atoms with Gasteiger partial charge in [0.15, 0.2) is 6.29 Å². The number of hydrogen-bond donors (Lipinski definition) is 0. The quantitative estimate of drug-likeness (QED) is 0.676. The van der Waals surface area contributed by atoms with E-state index in [0.29, 0.717) is 17.4 Å². The van der Waals surface area contributed by atoms with E-state index in [1.165, 1.54) is 29.3 Å². The molecule has 0 spiro atoms. The highest BCUT2D eigenvalue weighted by molar-refractivity contribution is 5.75. The number of imidazole rings is 1. The molecule has 0 saturated heterocycles. The third-order valence-electron chi connectivity index (χ3n) is 2.85. The molecule has 0 aliphatic carbocycles. The SMILES string of the molecule is O=Cc1cn2cc(-c3ccoc3)cc(C(F)(F)F)c2n1. The molecule has 0 atom stereocenters. The van der Waals surface area contributed by atoms with Gasteiger partial charge >= 0.3 is 6.18 Å². The minimum absolute atomic E-state index is 0.0557. The molecule has 0 fully saturated rings. The fourth-order valence-electron chi connectivity index (χ4n) is 1.97. The van der Waals surface area contributed by atoms with Crippen molar-refractivity contribution in [3.8, 4) is 11.1 Å². The van der Waals surface area contributed by atoms with Crippen LogP contribution in [0.15, 0.2) is 41.5 Å². The van der Waals surface area contributed by atoms with Crippen molar-refractivity contribution >= 4 is 11.9 Å². The van der Waals surface area contributed by atoms with Crippen molar-refractivity contribution in [1.82, 2.24) is 9.38 Å². The van der Waals surface area contributed by atoms with Crippen molar-refractivity contribution in [2.75, 3.05) is 0 Å². The summed E-state index contributed by atoms with van der Waals surface area (Å²) in [6.45, 7) is 0. The fourth-order valence-corrected chi connectivity index (χ4v) is 1.97. The van der Waals surface area contributed by atoms with Gasteiger partial charge < -0.3 is 8.82 Å². The first-order valence-electron chi connectivity index (χ1n) is 5.57. The monoisotopic (exact) mass is 280 g/mol. The number of halogens is 3. The Morgan fingerprint density at radius 1 is 1.25 bits per heavy atom. The third kappa shape index (κ3) is 1.97. The van der Waals surface area contributed by atoms with E-state index in [1.54, 1.807) is 6.07 Å². The molecule has 3 heterocycles. The number of carbonyl (C=O) groups is 1. The number of nitrogens with zero attached hydrogens (tertiary/aromatic N) is 2. The summed E-state index contributed by atoms with van der Waals surface area (Å²) in [6.07, 6.45) is 1.28. The van der Waals surface area contributed by atoms with Crippen molar-refractivity contribution in [2.45, 2.75) is 6.18 Å². The molecular formula is C13H7F3N2O2. The van der Waals surface area contributed by atoms with Gasteiger partial charge in [-0.25, -0.2) is 4.98 Å². The van der Waals surface area contributed by atoms with Crippen LogP contribution in [0.4, 0.5) is 13.2 Å². The predicted octanol–water partition coefficient (Wildman–Crippen LogP) is 3.43. The number of carbonyl (C=O) groups excluding carboxylic acids is 1. The average Bonchev–Trinajstić information content (AvgIpc) is 3.04. The zero-order valence-corrected chi connectivity index (χ0v) is 9.89. The lowest BCUT2D eigenvalue weighted by Gasteiger charge is -2.10. The molecule has 0 bridgehead atoms. The van der Waals surface area contributed by atoms with Crippen LogP contribution >= 0.6 is 0 Å². The lowest BCUT2D eigenvalue weighted by atomic mass is 10.1. The first-order valence-corrected chi connectivity index (χ1v) is 5.57. The Labute approximate surface area is 110 Å². The minimum Gasteiger partial charge on any atom is -0.472 e. The van der Waals surface area contributed by atoms with Crippen LogP contribution in [0.3, 0.4) is 0 Å². The summed E-state index contributed by atoms with van der Waals surface area (Å²) < 4.78 is 45.3. The summed E-state index contributed by atoms with van der Waals surface area (Å²) in [7, 11) is 0. The molecule has 0 aliphatic rings. The van der Waals surface area contributed by atoms with Crippen LogP contribution in [0.1, 0.15) is 16.1 Å². The molecule has 4 nitrogen and oxygen atoms in total. The number of alkyl halides is 3. The van der Waals surface area contributed by atoms with Gasteiger partial charge in [-0.2, -0.15) is 13.2 Å². The minimum atomic E-state index is -4.56. The summed E-state index contributed by atoms with van der Waals surface area (Å²) in [5, 5.41) is 0. The van der Waals surface area contributed by atoms with Crippen LogP contribution in [0, 0.1) is 0 Å². The van der Waals surface area contributed by atoms with Crippen molar-refractivity contribution in [1.29, 1.82) is 0 Å². The molecule has 7 heteroatoms. The molecule has 0 unspecified atom stereocenters. The van der Waals surface area contributed by atoms with Gasteiger partial charge in [0.2, 0.25) is 0 Å². The van der Waals surface area contributed by atoms with E-state index in [2.05, 4.69) is 4.98 Å². The van der Waals surface area contributed by atoms with Crippen LogP contribution in [0.5, 0.6) is 0 Å². The van der Waals surface area contributed by atoms with Crippen LogP contribution in [-0.2, 0) is 6.18 Å². The van der Waals surface area contributed by atoms with Crippen molar-refractivity contribution < 1.29 is 22.4 Å². The largest absolute Gasteiger partial charge is 0.472 e. The molecule has 20 heavy (non-hydrogen) atoms. The van der Waals surface area contributed by atoms with Gasteiger partial charge in [-0.1, -0.05) is 0 Å². The lowest BCUT2D eigenvalue weighted by Crippen LogP contribution is -2.08. The maximum Gasteiger partial charge on any atom is 0.420 e.